The Labute approximate surface area is 150 Å². The van der Waals surface area contributed by atoms with E-state index in [2.05, 4.69) is 6.92 Å². The van der Waals surface area contributed by atoms with Gasteiger partial charge in [0.25, 0.3) is 0 Å². The number of amides is 1. The number of aryl methyl sites for hydroxylation is 1. The number of nitrogens with zero attached hydrogens (tertiary/aromatic N) is 1. The third-order valence-corrected chi connectivity index (χ3v) is 5.52. The first-order valence-electron chi connectivity index (χ1n) is 9.51. The Hall–Kier alpha value is -1.97. The van der Waals surface area contributed by atoms with E-state index < -0.39 is 0 Å². The Balaban J connectivity index is 1.79. The van der Waals surface area contributed by atoms with Crippen LogP contribution in [0.2, 0.25) is 0 Å². The molecule has 1 aromatic rings. The maximum absolute atomic E-state index is 13.2. The largest absolute Gasteiger partial charge is 0.339 e. The molecule has 25 heavy (non-hydrogen) atoms. The van der Waals surface area contributed by atoms with Gasteiger partial charge in [-0.3, -0.25) is 9.59 Å². The second kappa shape index (κ2) is 7.51. The number of likely N-dealkylation sites (tertiary alicyclic amines) is 1. The molecule has 134 valence electrons. The van der Waals surface area contributed by atoms with Crippen LogP contribution in [0.5, 0.6) is 0 Å². The number of hydrogen-bond acceptors (Lipinski definition) is 3. The summed E-state index contributed by atoms with van der Waals surface area (Å²) in [6, 6.07) is 5.98. The van der Waals surface area contributed by atoms with Gasteiger partial charge in [-0.25, -0.2) is 0 Å². The van der Waals surface area contributed by atoms with Crippen molar-refractivity contribution in [1.82, 2.24) is 4.90 Å². The van der Waals surface area contributed by atoms with Crippen LogP contribution in [0, 0.1) is 12.3 Å². The Bertz CT molecular complexity index is 695. The van der Waals surface area contributed by atoms with Crippen molar-refractivity contribution in [3.8, 4) is 0 Å². The lowest BCUT2D eigenvalue weighted by Gasteiger charge is -2.37. The number of piperidine rings is 1. The summed E-state index contributed by atoms with van der Waals surface area (Å²) in [6.45, 7) is 4.82. The van der Waals surface area contributed by atoms with Crippen LogP contribution in [0.3, 0.4) is 0 Å². The van der Waals surface area contributed by atoms with Crippen LogP contribution in [0.15, 0.2) is 18.2 Å². The summed E-state index contributed by atoms with van der Waals surface area (Å²) in [5.41, 5.74) is 3.42. The van der Waals surface area contributed by atoms with Crippen LogP contribution in [-0.2, 0) is 4.79 Å². The maximum atomic E-state index is 13.2. The molecule has 1 N–H and O–H groups in total. The molecule has 4 nitrogen and oxygen atoms in total. The summed E-state index contributed by atoms with van der Waals surface area (Å²) < 4.78 is 0. The average Bonchev–Trinajstić information content (AvgIpc) is 2.91. The molecule has 4 heteroatoms. The Morgan fingerprint density at radius 2 is 2.12 bits per heavy atom. The van der Waals surface area contributed by atoms with E-state index in [1.165, 1.54) is 0 Å². The summed E-state index contributed by atoms with van der Waals surface area (Å²) in [5, 5.41) is 8.15. The lowest BCUT2D eigenvalue weighted by atomic mass is 9.92. The van der Waals surface area contributed by atoms with Gasteiger partial charge < -0.3 is 10.3 Å². The normalized spacial score (nSPS) is 22.8. The van der Waals surface area contributed by atoms with E-state index in [0.29, 0.717) is 12.8 Å². The van der Waals surface area contributed by atoms with Crippen LogP contribution in [0.1, 0.15) is 79.3 Å². The first-order valence-corrected chi connectivity index (χ1v) is 9.51. The molecule has 1 fully saturated rings. The van der Waals surface area contributed by atoms with E-state index >= 15 is 0 Å². The van der Waals surface area contributed by atoms with Gasteiger partial charge in [0.1, 0.15) is 0 Å². The summed E-state index contributed by atoms with van der Waals surface area (Å²) in [4.78, 5) is 27.6. The minimum atomic E-state index is -0.330. The van der Waals surface area contributed by atoms with Crippen molar-refractivity contribution in [2.24, 2.45) is 0 Å². The number of rotatable bonds is 5. The van der Waals surface area contributed by atoms with E-state index in [0.717, 1.165) is 61.1 Å². The zero-order chi connectivity index (χ0) is 18.0. The molecule has 1 heterocycles. The van der Waals surface area contributed by atoms with Gasteiger partial charge in [-0.15, -0.1) is 0 Å². The summed E-state index contributed by atoms with van der Waals surface area (Å²) in [7, 11) is 0. The van der Waals surface area contributed by atoms with Gasteiger partial charge >= 0.3 is 0 Å². The number of nitrogens with one attached hydrogen (secondary N) is 1. The van der Waals surface area contributed by atoms with E-state index in [9.17, 15) is 9.59 Å². The molecular formula is C21H28N2O2. The number of hydrogen-bond donors (Lipinski definition) is 1. The van der Waals surface area contributed by atoms with Crippen LogP contribution in [0.25, 0.3) is 0 Å². The van der Waals surface area contributed by atoms with Crippen molar-refractivity contribution in [2.75, 3.05) is 6.54 Å². The highest BCUT2D eigenvalue weighted by atomic mass is 16.2. The molecule has 1 saturated heterocycles. The standard InChI is InChI=1S/C21H28N2O2/c1-3-6-15(22)12-16-7-4-5-10-23(16)21(25)19-13-20(24)18-11-14(2)8-9-17(18)19/h8-9,11,16,19,22H,3-7,10,12-13H2,1-2H3. The summed E-state index contributed by atoms with van der Waals surface area (Å²) in [6.07, 6.45) is 5.87. The number of fused-ring (bicyclic) bond motifs is 1. The predicted octanol–water partition coefficient (Wildman–Crippen LogP) is 4.26. The highest BCUT2D eigenvalue weighted by molar-refractivity contribution is 6.07. The van der Waals surface area contributed by atoms with Gasteiger partial charge in [0.2, 0.25) is 5.91 Å². The molecule has 2 unspecified atom stereocenters. The molecule has 0 spiro atoms. The average molecular weight is 340 g/mol. The smallest absolute Gasteiger partial charge is 0.230 e. The minimum Gasteiger partial charge on any atom is -0.339 e. The van der Waals surface area contributed by atoms with Gasteiger partial charge in [0.05, 0.1) is 5.92 Å². The number of ketones is 1. The highest BCUT2D eigenvalue weighted by Crippen LogP contribution is 2.36. The zero-order valence-electron chi connectivity index (χ0n) is 15.3. The first kappa shape index (κ1) is 17.8. The Kier molecular flexibility index (Phi) is 5.36. The molecule has 1 aliphatic carbocycles. The number of Topliss-reactive ketones (excluding diaryl/α,β-unsaturated/α-hetero) is 1. The fourth-order valence-corrected chi connectivity index (χ4v) is 4.23. The first-order chi connectivity index (χ1) is 12.0. The van der Waals surface area contributed by atoms with Crippen molar-refractivity contribution in [2.45, 2.75) is 70.8 Å². The third kappa shape index (κ3) is 3.68. The molecule has 1 aliphatic heterocycles. The van der Waals surface area contributed by atoms with Gasteiger partial charge in [0.15, 0.2) is 5.78 Å². The van der Waals surface area contributed by atoms with Crippen molar-refractivity contribution in [3.05, 3.63) is 34.9 Å². The SMILES string of the molecule is CCCC(=N)CC1CCCCN1C(=O)C1CC(=O)c2cc(C)ccc21. The molecule has 2 aliphatic rings. The van der Waals surface area contributed by atoms with Crippen LogP contribution in [-0.4, -0.2) is 34.9 Å². The monoisotopic (exact) mass is 340 g/mol. The number of carbonyl (C=O) groups excluding carboxylic acids is 2. The predicted molar refractivity (Wildman–Crippen MR) is 99.5 cm³/mol. The highest BCUT2D eigenvalue weighted by Gasteiger charge is 2.39. The van der Waals surface area contributed by atoms with Crippen molar-refractivity contribution in [3.63, 3.8) is 0 Å². The summed E-state index contributed by atoms with van der Waals surface area (Å²) >= 11 is 0. The molecular weight excluding hydrogens is 312 g/mol. The van der Waals surface area contributed by atoms with Gasteiger partial charge in [0, 0.05) is 36.7 Å². The van der Waals surface area contributed by atoms with Crippen LogP contribution < -0.4 is 0 Å². The molecule has 2 atom stereocenters. The Morgan fingerprint density at radius 3 is 2.88 bits per heavy atom. The fraction of sp³-hybridized carbons (Fsp3) is 0.571. The van der Waals surface area contributed by atoms with Gasteiger partial charge in [-0.1, -0.05) is 31.0 Å². The molecule has 0 radical (unpaired) electrons. The van der Waals surface area contributed by atoms with E-state index in [1.807, 2.05) is 30.0 Å². The zero-order valence-corrected chi connectivity index (χ0v) is 15.3. The van der Waals surface area contributed by atoms with Crippen LogP contribution in [0.4, 0.5) is 0 Å². The van der Waals surface area contributed by atoms with Crippen molar-refractivity contribution >= 4 is 17.4 Å². The van der Waals surface area contributed by atoms with E-state index in [-0.39, 0.29) is 23.7 Å². The van der Waals surface area contributed by atoms with Crippen LogP contribution >= 0.6 is 0 Å². The minimum absolute atomic E-state index is 0.0873. The fourth-order valence-electron chi connectivity index (χ4n) is 4.23. The molecule has 1 aromatic carbocycles. The molecule has 1 amide bonds. The third-order valence-electron chi connectivity index (χ3n) is 5.52. The lowest BCUT2D eigenvalue weighted by Crippen LogP contribution is -2.46. The number of carbonyl (C=O) groups is 2. The van der Waals surface area contributed by atoms with Gasteiger partial charge in [-0.2, -0.15) is 0 Å². The number of benzene rings is 1. The van der Waals surface area contributed by atoms with Crippen molar-refractivity contribution < 1.29 is 9.59 Å². The molecule has 0 aromatic heterocycles. The molecule has 0 saturated carbocycles. The maximum Gasteiger partial charge on any atom is 0.230 e. The molecule has 0 bridgehead atoms. The summed E-state index contributed by atoms with van der Waals surface area (Å²) in [5.74, 6) is -0.154. The van der Waals surface area contributed by atoms with Crippen molar-refractivity contribution in [1.29, 1.82) is 5.41 Å². The quantitative estimate of drug-likeness (QED) is 0.814. The van der Waals surface area contributed by atoms with E-state index in [1.54, 1.807) is 0 Å². The second-order valence-electron chi connectivity index (χ2n) is 7.51. The molecule has 3 rings (SSSR count). The Morgan fingerprint density at radius 1 is 1.32 bits per heavy atom. The van der Waals surface area contributed by atoms with Gasteiger partial charge in [-0.05, 0) is 44.2 Å². The topological polar surface area (TPSA) is 61.2 Å². The second-order valence-corrected chi connectivity index (χ2v) is 7.51. The lowest BCUT2D eigenvalue weighted by molar-refractivity contribution is -0.136. The van der Waals surface area contributed by atoms with E-state index in [4.69, 9.17) is 5.41 Å².